The molecular weight excluding hydrogens is 246 g/mol. The van der Waals surface area contributed by atoms with Gasteiger partial charge in [-0.05, 0) is 44.1 Å². The zero-order valence-corrected chi connectivity index (χ0v) is 12.3. The standard InChI is InChI=1S/C18H21NO/c1-5-18(20)19-15(4)11-12-17(13-14(2)3)16-9-7-6-8-10-16/h5-13H,1H2,2-4H3,(H,19,20)/b15-11+,17-12+. The first-order chi connectivity index (χ1) is 9.52. The first-order valence-electron chi connectivity index (χ1n) is 6.55. The fourth-order valence-corrected chi connectivity index (χ4v) is 1.67. The molecule has 104 valence electrons. The second-order valence-electron chi connectivity index (χ2n) is 4.75. The maximum atomic E-state index is 11.2. The zero-order chi connectivity index (χ0) is 15.0. The number of carbonyl (C=O) groups is 1. The number of allylic oxidation sites excluding steroid dienone is 6. The molecule has 0 spiro atoms. The van der Waals surface area contributed by atoms with Crippen molar-refractivity contribution >= 4 is 11.5 Å². The van der Waals surface area contributed by atoms with Crippen LogP contribution in [-0.4, -0.2) is 5.91 Å². The van der Waals surface area contributed by atoms with E-state index in [2.05, 4.69) is 44.0 Å². The predicted molar refractivity (Wildman–Crippen MR) is 85.9 cm³/mol. The maximum Gasteiger partial charge on any atom is 0.247 e. The van der Waals surface area contributed by atoms with Crippen LogP contribution in [0.25, 0.3) is 5.57 Å². The third kappa shape index (κ3) is 5.53. The van der Waals surface area contributed by atoms with Crippen LogP contribution in [0, 0.1) is 0 Å². The SMILES string of the molecule is C=CC(=O)N/C(C)=C/C=C(\C=C(C)C)c1ccccc1. The summed E-state index contributed by atoms with van der Waals surface area (Å²) in [5, 5.41) is 2.73. The average Bonchev–Trinajstić information content (AvgIpc) is 2.43. The number of rotatable bonds is 5. The Morgan fingerprint density at radius 2 is 1.75 bits per heavy atom. The van der Waals surface area contributed by atoms with Gasteiger partial charge in [-0.15, -0.1) is 0 Å². The lowest BCUT2D eigenvalue weighted by Crippen LogP contribution is -2.17. The number of hydrogen-bond donors (Lipinski definition) is 1. The molecule has 0 fully saturated rings. The summed E-state index contributed by atoms with van der Waals surface area (Å²) in [4.78, 5) is 11.2. The molecule has 0 atom stereocenters. The molecule has 0 unspecified atom stereocenters. The van der Waals surface area contributed by atoms with Gasteiger partial charge in [0, 0.05) is 5.70 Å². The molecule has 0 heterocycles. The van der Waals surface area contributed by atoms with Crippen molar-refractivity contribution in [3.63, 3.8) is 0 Å². The quantitative estimate of drug-likeness (QED) is 0.627. The lowest BCUT2D eigenvalue weighted by atomic mass is 10.0. The molecule has 0 aliphatic rings. The van der Waals surface area contributed by atoms with Crippen LogP contribution in [0.15, 0.2) is 72.5 Å². The number of amides is 1. The van der Waals surface area contributed by atoms with Gasteiger partial charge in [0.05, 0.1) is 0 Å². The van der Waals surface area contributed by atoms with E-state index in [1.165, 1.54) is 11.6 Å². The van der Waals surface area contributed by atoms with Gasteiger partial charge >= 0.3 is 0 Å². The molecule has 20 heavy (non-hydrogen) atoms. The normalized spacial score (nSPS) is 11.8. The fraction of sp³-hybridized carbons (Fsp3) is 0.167. The van der Waals surface area contributed by atoms with Gasteiger partial charge in [-0.1, -0.05) is 54.6 Å². The van der Waals surface area contributed by atoms with Crippen LogP contribution in [0.5, 0.6) is 0 Å². The minimum atomic E-state index is -0.198. The smallest absolute Gasteiger partial charge is 0.247 e. The highest BCUT2D eigenvalue weighted by atomic mass is 16.1. The van der Waals surface area contributed by atoms with Crippen LogP contribution >= 0.6 is 0 Å². The molecule has 0 bridgehead atoms. The molecular formula is C18H21NO. The van der Waals surface area contributed by atoms with Crippen LogP contribution in [-0.2, 0) is 4.79 Å². The molecule has 1 aromatic rings. The van der Waals surface area contributed by atoms with Crippen molar-refractivity contribution in [3.05, 3.63) is 78.0 Å². The summed E-state index contributed by atoms with van der Waals surface area (Å²) in [7, 11) is 0. The van der Waals surface area contributed by atoms with Gasteiger partial charge in [-0.25, -0.2) is 0 Å². The first kappa shape index (κ1) is 15.7. The summed E-state index contributed by atoms with van der Waals surface area (Å²) in [6, 6.07) is 10.2. The maximum absolute atomic E-state index is 11.2. The first-order valence-corrected chi connectivity index (χ1v) is 6.55. The monoisotopic (exact) mass is 267 g/mol. The fourth-order valence-electron chi connectivity index (χ4n) is 1.67. The molecule has 1 aromatic carbocycles. The predicted octanol–water partition coefficient (Wildman–Crippen LogP) is 4.24. The second kappa shape index (κ2) is 7.95. The van der Waals surface area contributed by atoms with Gasteiger partial charge in [0.1, 0.15) is 0 Å². The highest BCUT2D eigenvalue weighted by Crippen LogP contribution is 2.17. The third-order valence-electron chi connectivity index (χ3n) is 2.57. The molecule has 0 saturated heterocycles. The topological polar surface area (TPSA) is 29.1 Å². The van der Waals surface area contributed by atoms with E-state index in [-0.39, 0.29) is 5.91 Å². The highest BCUT2D eigenvalue weighted by molar-refractivity contribution is 5.88. The summed E-state index contributed by atoms with van der Waals surface area (Å²) in [6.07, 6.45) is 7.27. The van der Waals surface area contributed by atoms with Crippen molar-refractivity contribution in [1.82, 2.24) is 5.32 Å². The Labute approximate surface area is 121 Å². The molecule has 0 aromatic heterocycles. The number of carbonyl (C=O) groups excluding carboxylic acids is 1. The third-order valence-corrected chi connectivity index (χ3v) is 2.57. The van der Waals surface area contributed by atoms with E-state index in [1.54, 1.807) is 0 Å². The zero-order valence-electron chi connectivity index (χ0n) is 12.3. The second-order valence-corrected chi connectivity index (χ2v) is 4.75. The Kier molecular flexibility index (Phi) is 6.24. The highest BCUT2D eigenvalue weighted by Gasteiger charge is 1.98. The van der Waals surface area contributed by atoms with E-state index < -0.39 is 0 Å². The van der Waals surface area contributed by atoms with Crippen LogP contribution in [0.2, 0.25) is 0 Å². The van der Waals surface area contributed by atoms with E-state index >= 15 is 0 Å². The molecule has 0 aliphatic heterocycles. The number of hydrogen-bond acceptors (Lipinski definition) is 1. The van der Waals surface area contributed by atoms with Crippen molar-refractivity contribution in [2.75, 3.05) is 0 Å². The van der Waals surface area contributed by atoms with Gasteiger partial charge in [0.25, 0.3) is 0 Å². The number of benzene rings is 1. The molecule has 0 aliphatic carbocycles. The summed E-state index contributed by atoms with van der Waals surface area (Å²) >= 11 is 0. The van der Waals surface area contributed by atoms with Gasteiger partial charge in [0.2, 0.25) is 5.91 Å². The van der Waals surface area contributed by atoms with E-state index in [4.69, 9.17) is 0 Å². The molecule has 0 saturated carbocycles. The number of nitrogens with one attached hydrogen (secondary N) is 1. The van der Waals surface area contributed by atoms with Gasteiger partial charge in [0.15, 0.2) is 0 Å². The minimum absolute atomic E-state index is 0.198. The van der Waals surface area contributed by atoms with Crippen molar-refractivity contribution in [3.8, 4) is 0 Å². The molecule has 1 amide bonds. The van der Waals surface area contributed by atoms with Gasteiger partial charge in [-0.2, -0.15) is 0 Å². The van der Waals surface area contributed by atoms with E-state index in [1.807, 2.05) is 37.3 Å². The Hall–Kier alpha value is -2.35. The Morgan fingerprint density at radius 1 is 1.10 bits per heavy atom. The summed E-state index contributed by atoms with van der Waals surface area (Å²) in [5.74, 6) is -0.198. The largest absolute Gasteiger partial charge is 0.327 e. The summed E-state index contributed by atoms with van der Waals surface area (Å²) in [5.41, 5.74) is 4.26. The Bertz CT molecular complexity index is 558. The van der Waals surface area contributed by atoms with Crippen molar-refractivity contribution in [2.45, 2.75) is 20.8 Å². The van der Waals surface area contributed by atoms with E-state index in [0.717, 1.165) is 16.8 Å². The van der Waals surface area contributed by atoms with Crippen molar-refractivity contribution in [1.29, 1.82) is 0 Å². The summed E-state index contributed by atoms with van der Waals surface area (Å²) in [6.45, 7) is 9.41. The van der Waals surface area contributed by atoms with Crippen LogP contribution in [0.4, 0.5) is 0 Å². The molecule has 2 heteroatoms. The minimum Gasteiger partial charge on any atom is -0.327 e. The molecule has 2 nitrogen and oxygen atoms in total. The molecule has 1 rings (SSSR count). The molecule has 0 radical (unpaired) electrons. The van der Waals surface area contributed by atoms with Crippen molar-refractivity contribution < 1.29 is 4.79 Å². The van der Waals surface area contributed by atoms with Gasteiger partial charge < -0.3 is 5.32 Å². The Balaban J connectivity index is 3.03. The van der Waals surface area contributed by atoms with E-state index in [0.29, 0.717) is 0 Å². The van der Waals surface area contributed by atoms with Crippen molar-refractivity contribution in [2.24, 2.45) is 0 Å². The summed E-state index contributed by atoms with van der Waals surface area (Å²) < 4.78 is 0. The van der Waals surface area contributed by atoms with E-state index in [9.17, 15) is 4.79 Å². The van der Waals surface area contributed by atoms with Crippen LogP contribution in [0.3, 0.4) is 0 Å². The average molecular weight is 267 g/mol. The van der Waals surface area contributed by atoms with Gasteiger partial charge in [-0.3, -0.25) is 4.79 Å². The molecule has 1 N–H and O–H groups in total. The van der Waals surface area contributed by atoms with Crippen LogP contribution in [0.1, 0.15) is 26.3 Å². The Morgan fingerprint density at radius 3 is 2.30 bits per heavy atom. The lowest BCUT2D eigenvalue weighted by Gasteiger charge is -2.04. The lowest BCUT2D eigenvalue weighted by molar-refractivity contribution is -0.115. The van der Waals surface area contributed by atoms with Crippen LogP contribution < -0.4 is 5.32 Å².